The van der Waals surface area contributed by atoms with E-state index in [2.05, 4.69) is 10.3 Å². The van der Waals surface area contributed by atoms with Gasteiger partial charge in [0.15, 0.2) is 0 Å². The Balaban J connectivity index is 2.49. The first-order chi connectivity index (χ1) is 6.34. The molecule has 0 aliphatic heterocycles. The molecule has 0 aliphatic carbocycles. The summed E-state index contributed by atoms with van der Waals surface area (Å²) in [6, 6.07) is 3.47. The van der Waals surface area contributed by atoms with Gasteiger partial charge in [-0.1, -0.05) is 12.2 Å². The van der Waals surface area contributed by atoms with Crippen molar-refractivity contribution in [2.24, 2.45) is 0 Å². The fourth-order valence-corrected chi connectivity index (χ4v) is 0.869. The molecule has 3 nitrogen and oxygen atoms in total. The van der Waals surface area contributed by atoms with Crippen molar-refractivity contribution in [2.75, 3.05) is 6.54 Å². The highest BCUT2D eigenvalue weighted by molar-refractivity contribution is 5.93. The van der Waals surface area contributed by atoms with E-state index in [-0.39, 0.29) is 5.91 Å². The molecule has 1 N–H and O–H groups in total. The highest BCUT2D eigenvalue weighted by Crippen LogP contribution is 1.94. The zero-order valence-corrected chi connectivity index (χ0v) is 7.53. The number of carbonyl (C=O) groups excluding carboxylic acids is 1. The second-order valence-electron chi connectivity index (χ2n) is 2.52. The van der Waals surface area contributed by atoms with Gasteiger partial charge in [0, 0.05) is 18.9 Å². The van der Waals surface area contributed by atoms with Crippen molar-refractivity contribution in [3.63, 3.8) is 0 Å². The van der Waals surface area contributed by atoms with E-state index in [9.17, 15) is 4.79 Å². The molecule has 0 bridgehead atoms. The quantitative estimate of drug-likeness (QED) is 0.707. The minimum atomic E-state index is -0.0915. The van der Waals surface area contributed by atoms with Crippen LogP contribution in [0.4, 0.5) is 0 Å². The highest BCUT2D eigenvalue weighted by Gasteiger charge is 2.01. The van der Waals surface area contributed by atoms with Gasteiger partial charge in [0.05, 0.1) is 5.56 Å². The standard InChI is InChI=1S/C10H12N2O/c1-2-3-7-12-10(13)9-5-4-6-11-8-9/h2-6,8H,7H2,1H3,(H,12,13)/b3-2+. The molecular formula is C10H12N2O. The number of aromatic nitrogens is 1. The van der Waals surface area contributed by atoms with Gasteiger partial charge in [0.2, 0.25) is 0 Å². The lowest BCUT2D eigenvalue weighted by molar-refractivity contribution is 0.0957. The summed E-state index contributed by atoms with van der Waals surface area (Å²) in [5.41, 5.74) is 0.590. The minimum Gasteiger partial charge on any atom is -0.349 e. The van der Waals surface area contributed by atoms with Crippen LogP contribution in [0.1, 0.15) is 17.3 Å². The molecule has 0 fully saturated rings. The van der Waals surface area contributed by atoms with Crippen molar-refractivity contribution < 1.29 is 4.79 Å². The predicted octanol–water partition coefficient (Wildman–Crippen LogP) is 1.39. The van der Waals surface area contributed by atoms with Crippen molar-refractivity contribution in [1.82, 2.24) is 10.3 Å². The van der Waals surface area contributed by atoms with Crippen molar-refractivity contribution in [2.45, 2.75) is 6.92 Å². The molecule has 1 aromatic heterocycles. The molecule has 1 rings (SSSR count). The fourth-order valence-electron chi connectivity index (χ4n) is 0.869. The molecule has 0 radical (unpaired) electrons. The summed E-state index contributed by atoms with van der Waals surface area (Å²) in [5, 5.41) is 2.73. The van der Waals surface area contributed by atoms with Gasteiger partial charge in [-0.05, 0) is 19.1 Å². The van der Waals surface area contributed by atoms with E-state index in [0.29, 0.717) is 12.1 Å². The van der Waals surface area contributed by atoms with E-state index in [0.717, 1.165) is 0 Å². The molecule has 0 saturated heterocycles. The first-order valence-corrected chi connectivity index (χ1v) is 4.14. The third-order valence-corrected chi connectivity index (χ3v) is 1.54. The first-order valence-electron chi connectivity index (χ1n) is 4.14. The van der Waals surface area contributed by atoms with Crippen LogP contribution in [0.2, 0.25) is 0 Å². The second-order valence-corrected chi connectivity index (χ2v) is 2.52. The average Bonchev–Trinajstić information content (AvgIpc) is 2.19. The van der Waals surface area contributed by atoms with Crippen LogP contribution in [0, 0.1) is 0 Å². The van der Waals surface area contributed by atoms with E-state index >= 15 is 0 Å². The monoisotopic (exact) mass is 176 g/mol. The number of pyridine rings is 1. The predicted molar refractivity (Wildman–Crippen MR) is 51.4 cm³/mol. The number of amides is 1. The zero-order chi connectivity index (χ0) is 9.52. The average molecular weight is 176 g/mol. The van der Waals surface area contributed by atoms with Crippen molar-refractivity contribution in [3.05, 3.63) is 42.2 Å². The first kappa shape index (κ1) is 9.45. The summed E-state index contributed by atoms with van der Waals surface area (Å²) in [7, 11) is 0. The molecular weight excluding hydrogens is 164 g/mol. The lowest BCUT2D eigenvalue weighted by atomic mass is 10.3. The number of hydrogen-bond acceptors (Lipinski definition) is 2. The van der Waals surface area contributed by atoms with Crippen LogP contribution in [-0.4, -0.2) is 17.4 Å². The SMILES string of the molecule is C/C=C/CNC(=O)c1cccnc1. The van der Waals surface area contributed by atoms with Gasteiger partial charge in [0.1, 0.15) is 0 Å². The number of nitrogens with one attached hydrogen (secondary N) is 1. The molecule has 0 atom stereocenters. The Kier molecular flexibility index (Phi) is 3.70. The van der Waals surface area contributed by atoms with Gasteiger partial charge >= 0.3 is 0 Å². The number of allylic oxidation sites excluding steroid dienone is 1. The zero-order valence-electron chi connectivity index (χ0n) is 7.53. The topological polar surface area (TPSA) is 42.0 Å². The molecule has 13 heavy (non-hydrogen) atoms. The molecule has 0 saturated carbocycles. The highest BCUT2D eigenvalue weighted by atomic mass is 16.1. The third-order valence-electron chi connectivity index (χ3n) is 1.54. The molecule has 0 aliphatic rings. The Labute approximate surface area is 77.5 Å². The van der Waals surface area contributed by atoms with Crippen molar-refractivity contribution in [3.8, 4) is 0 Å². The van der Waals surface area contributed by atoms with E-state index in [1.165, 1.54) is 0 Å². The smallest absolute Gasteiger partial charge is 0.253 e. The Morgan fingerprint density at radius 2 is 2.54 bits per heavy atom. The molecule has 1 aromatic rings. The lowest BCUT2D eigenvalue weighted by Crippen LogP contribution is -2.23. The van der Waals surface area contributed by atoms with E-state index in [1.807, 2.05) is 19.1 Å². The Bertz CT molecular complexity index is 293. The van der Waals surface area contributed by atoms with Crippen molar-refractivity contribution in [1.29, 1.82) is 0 Å². The van der Waals surface area contributed by atoms with Crippen LogP contribution >= 0.6 is 0 Å². The maximum atomic E-state index is 11.3. The Morgan fingerprint density at radius 1 is 1.69 bits per heavy atom. The summed E-state index contributed by atoms with van der Waals surface area (Å²) in [4.78, 5) is 15.2. The van der Waals surface area contributed by atoms with Gasteiger partial charge in [-0.25, -0.2) is 0 Å². The second kappa shape index (κ2) is 5.09. The number of carbonyl (C=O) groups is 1. The lowest BCUT2D eigenvalue weighted by Gasteiger charge is -2.00. The normalized spacial score (nSPS) is 10.2. The summed E-state index contributed by atoms with van der Waals surface area (Å²) < 4.78 is 0. The van der Waals surface area contributed by atoms with Gasteiger partial charge in [0.25, 0.3) is 5.91 Å². The minimum absolute atomic E-state index is 0.0915. The summed E-state index contributed by atoms with van der Waals surface area (Å²) in [6.45, 7) is 2.47. The number of rotatable bonds is 3. The van der Waals surface area contributed by atoms with Crippen LogP contribution in [0.3, 0.4) is 0 Å². The van der Waals surface area contributed by atoms with Gasteiger partial charge in [-0.3, -0.25) is 9.78 Å². The van der Waals surface area contributed by atoms with Gasteiger partial charge in [-0.15, -0.1) is 0 Å². The molecule has 0 unspecified atom stereocenters. The Hall–Kier alpha value is -1.64. The van der Waals surface area contributed by atoms with Crippen molar-refractivity contribution >= 4 is 5.91 Å². The number of hydrogen-bond donors (Lipinski definition) is 1. The maximum absolute atomic E-state index is 11.3. The van der Waals surface area contributed by atoms with Gasteiger partial charge < -0.3 is 5.32 Å². The van der Waals surface area contributed by atoms with E-state index < -0.39 is 0 Å². The molecule has 68 valence electrons. The van der Waals surface area contributed by atoms with Crippen LogP contribution in [0.5, 0.6) is 0 Å². The van der Waals surface area contributed by atoms with E-state index in [1.54, 1.807) is 24.5 Å². The fraction of sp³-hybridized carbons (Fsp3) is 0.200. The molecule has 0 aromatic carbocycles. The molecule has 0 spiro atoms. The maximum Gasteiger partial charge on any atom is 0.253 e. The van der Waals surface area contributed by atoms with Crippen LogP contribution < -0.4 is 5.32 Å². The molecule has 1 heterocycles. The summed E-state index contributed by atoms with van der Waals surface area (Å²) in [6.07, 6.45) is 6.96. The van der Waals surface area contributed by atoms with E-state index in [4.69, 9.17) is 0 Å². The third kappa shape index (κ3) is 3.07. The largest absolute Gasteiger partial charge is 0.349 e. The van der Waals surface area contributed by atoms with Gasteiger partial charge in [-0.2, -0.15) is 0 Å². The van der Waals surface area contributed by atoms with Crippen LogP contribution in [0.25, 0.3) is 0 Å². The molecule has 1 amide bonds. The summed E-state index contributed by atoms with van der Waals surface area (Å²) in [5.74, 6) is -0.0915. The van der Waals surface area contributed by atoms with Crippen LogP contribution in [-0.2, 0) is 0 Å². The number of nitrogens with zero attached hydrogens (tertiary/aromatic N) is 1. The molecule has 3 heteroatoms. The Morgan fingerprint density at radius 3 is 3.15 bits per heavy atom. The van der Waals surface area contributed by atoms with Crippen LogP contribution in [0.15, 0.2) is 36.7 Å². The summed E-state index contributed by atoms with van der Waals surface area (Å²) >= 11 is 0.